The molecule has 1 fully saturated rings. The van der Waals surface area contributed by atoms with Crippen molar-refractivity contribution in [1.82, 2.24) is 9.88 Å². The number of hydrogen-bond acceptors (Lipinski definition) is 6. The van der Waals surface area contributed by atoms with Crippen LogP contribution in [0, 0.1) is 0 Å². The Bertz CT molecular complexity index is 543. The van der Waals surface area contributed by atoms with Crippen LogP contribution in [-0.4, -0.2) is 54.0 Å². The van der Waals surface area contributed by atoms with Gasteiger partial charge >= 0.3 is 0 Å². The highest BCUT2D eigenvalue weighted by molar-refractivity contribution is 5.99. The minimum atomic E-state index is -0.650. The van der Waals surface area contributed by atoms with Crippen LogP contribution in [0.15, 0.2) is 12.3 Å². The quantitative estimate of drug-likeness (QED) is 0.682. The molecule has 1 aromatic rings. The van der Waals surface area contributed by atoms with Crippen molar-refractivity contribution in [3.8, 4) is 0 Å². The predicted octanol–water partition coefficient (Wildman–Crippen LogP) is -0.578. The summed E-state index contributed by atoms with van der Waals surface area (Å²) >= 11 is 0. The second kappa shape index (κ2) is 6.40. The third-order valence-electron chi connectivity index (χ3n) is 3.22. The molecular weight excluding hydrogens is 274 g/mol. The topological polar surface area (TPSA) is 124 Å². The van der Waals surface area contributed by atoms with Crippen LogP contribution < -0.4 is 16.8 Å². The molecule has 0 spiro atoms. The van der Waals surface area contributed by atoms with Crippen LogP contribution in [0.25, 0.3) is 0 Å². The van der Waals surface area contributed by atoms with Gasteiger partial charge in [0.15, 0.2) is 0 Å². The summed E-state index contributed by atoms with van der Waals surface area (Å²) in [6.45, 7) is 3.89. The minimum absolute atomic E-state index is 0.0765. The predicted molar refractivity (Wildman–Crippen MR) is 77.7 cm³/mol. The number of primary amides is 1. The van der Waals surface area contributed by atoms with Crippen LogP contribution in [0.4, 0.5) is 11.5 Å². The third-order valence-corrected chi connectivity index (χ3v) is 3.22. The molecule has 1 aromatic heterocycles. The maximum absolute atomic E-state index is 12.3. The average Bonchev–Trinajstić information content (AvgIpc) is 2.49. The number of carbonyl (C=O) groups is 2. The van der Waals surface area contributed by atoms with E-state index >= 15 is 0 Å². The number of nitrogens with two attached hydrogens (primary N) is 2. The van der Waals surface area contributed by atoms with E-state index in [2.05, 4.69) is 10.3 Å². The zero-order chi connectivity index (χ0) is 15.4. The fourth-order valence-electron chi connectivity index (χ4n) is 2.11. The molecule has 1 aliphatic rings. The van der Waals surface area contributed by atoms with Crippen molar-refractivity contribution in [1.29, 1.82) is 0 Å². The largest absolute Gasteiger partial charge is 0.397 e. The number of nitrogens with zero attached hydrogens (tertiary/aromatic N) is 2. The van der Waals surface area contributed by atoms with Crippen LogP contribution in [-0.2, 0) is 9.53 Å². The van der Waals surface area contributed by atoms with E-state index in [1.165, 1.54) is 12.3 Å². The van der Waals surface area contributed by atoms with Crippen molar-refractivity contribution in [3.05, 3.63) is 17.8 Å². The van der Waals surface area contributed by atoms with Gasteiger partial charge < -0.3 is 26.4 Å². The zero-order valence-electron chi connectivity index (χ0n) is 11.8. The molecule has 0 saturated carbocycles. The van der Waals surface area contributed by atoms with Gasteiger partial charge in [0.05, 0.1) is 30.7 Å². The molecule has 0 aliphatic carbocycles. The smallest absolute Gasteiger partial charge is 0.252 e. The lowest BCUT2D eigenvalue weighted by Gasteiger charge is -2.29. The summed E-state index contributed by atoms with van der Waals surface area (Å²) in [5.74, 6) is -0.471. The molecule has 5 N–H and O–H groups in total. The van der Waals surface area contributed by atoms with Gasteiger partial charge in [-0.1, -0.05) is 0 Å². The van der Waals surface area contributed by atoms with Gasteiger partial charge in [-0.05, 0) is 13.0 Å². The second-order valence-electron chi connectivity index (χ2n) is 4.83. The summed E-state index contributed by atoms with van der Waals surface area (Å²) in [6, 6.07) is 0.904. The number of pyridine rings is 1. The molecule has 2 amide bonds. The van der Waals surface area contributed by atoms with Gasteiger partial charge in [0.2, 0.25) is 5.91 Å². The Balaban J connectivity index is 2.10. The normalized spacial score (nSPS) is 16.3. The van der Waals surface area contributed by atoms with Crippen molar-refractivity contribution in [2.75, 3.05) is 37.4 Å². The SMILES string of the molecule is CC(Nc1ncc(N)cc1C(N)=O)C(=O)N1CCOCC1. The molecule has 21 heavy (non-hydrogen) atoms. The highest BCUT2D eigenvalue weighted by atomic mass is 16.5. The molecule has 1 aliphatic heterocycles. The highest BCUT2D eigenvalue weighted by Gasteiger charge is 2.23. The standard InChI is InChI=1S/C13H19N5O3/c1-8(13(20)18-2-4-21-5-3-18)17-12-10(11(15)19)6-9(14)7-16-12/h6-8H,2-5,14H2,1H3,(H2,15,19)(H,16,17). The molecule has 8 heteroatoms. The van der Waals surface area contributed by atoms with Gasteiger partial charge in [-0.2, -0.15) is 0 Å². The first-order valence-corrected chi connectivity index (χ1v) is 6.67. The molecular formula is C13H19N5O3. The Morgan fingerprint density at radius 3 is 2.71 bits per heavy atom. The van der Waals surface area contributed by atoms with Crippen molar-refractivity contribution >= 4 is 23.3 Å². The van der Waals surface area contributed by atoms with Crippen LogP contribution >= 0.6 is 0 Å². The van der Waals surface area contributed by atoms with Gasteiger partial charge in [-0.25, -0.2) is 4.98 Å². The first-order valence-electron chi connectivity index (χ1n) is 6.67. The fourth-order valence-corrected chi connectivity index (χ4v) is 2.11. The zero-order valence-corrected chi connectivity index (χ0v) is 11.8. The minimum Gasteiger partial charge on any atom is -0.397 e. The molecule has 0 radical (unpaired) electrons. The van der Waals surface area contributed by atoms with Crippen LogP contribution in [0.2, 0.25) is 0 Å². The number of carbonyl (C=O) groups excluding carboxylic acids is 2. The first kappa shape index (κ1) is 15.0. The molecule has 2 heterocycles. The maximum atomic E-state index is 12.3. The number of rotatable bonds is 4. The van der Waals surface area contributed by atoms with Crippen molar-refractivity contribution < 1.29 is 14.3 Å². The molecule has 0 aromatic carbocycles. The number of anilines is 2. The second-order valence-corrected chi connectivity index (χ2v) is 4.83. The van der Waals surface area contributed by atoms with E-state index < -0.39 is 11.9 Å². The summed E-state index contributed by atoms with van der Waals surface area (Å²) < 4.78 is 5.21. The number of hydrogen-bond donors (Lipinski definition) is 3. The van der Waals surface area contributed by atoms with Gasteiger partial charge in [0, 0.05) is 13.1 Å². The molecule has 8 nitrogen and oxygen atoms in total. The van der Waals surface area contributed by atoms with Gasteiger partial charge in [-0.3, -0.25) is 9.59 Å². The van der Waals surface area contributed by atoms with E-state index in [0.717, 1.165) is 0 Å². The summed E-state index contributed by atoms with van der Waals surface area (Å²) in [4.78, 5) is 29.4. The molecule has 1 atom stereocenters. The number of morpholine rings is 1. The number of ether oxygens (including phenoxy) is 1. The molecule has 1 unspecified atom stereocenters. The number of aromatic nitrogens is 1. The Kier molecular flexibility index (Phi) is 4.59. The van der Waals surface area contributed by atoms with E-state index in [9.17, 15) is 9.59 Å². The Hall–Kier alpha value is -2.35. The van der Waals surface area contributed by atoms with Gasteiger partial charge in [0.25, 0.3) is 5.91 Å². The Morgan fingerprint density at radius 1 is 1.43 bits per heavy atom. The van der Waals surface area contributed by atoms with Crippen LogP contribution in [0.3, 0.4) is 0 Å². The molecule has 2 rings (SSSR count). The Morgan fingerprint density at radius 2 is 2.10 bits per heavy atom. The molecule has 1 saturated heterocycles. The summed E-state index contributed by atoms with van der Waals surface area (Å²) in [5.41, 5.74) is 11.4. The molecule has 114 valence electrons. The van der Waals surface area contributed by atoms with Gasteiger partial charge in [0.1, 0.15) is 11.9 Å². The monoisotopic (exact) mass is 293 g/mol. The third kappa shape index (κ3) is 3.60. The Labute approximate surface area is 122 Å². The number of amides is 2. The first-order chi connectivity index (χ1) is 9.99. The van der Waals surface area contributed by atoms with E-state index in [4.69, 9.17) is 16.2 Å². The lowest BCUT2D eigenvalue weighted by atomic mass is 10.2. The van der Waals surface area contributed by atoms with Crippen molar-refractivity contribution in [2.24, 2.45) is 5.73 Å². The maximum Gasteiger partial charge on any atom is 0.252 e. The summed E-state index contributed by atoms with van der Waals surface area (Å²) in [6.07, 6.45) is 1.40. The number of nitrogens with one attached hydrogen (secondary N) is 1. The molecule has 0 bridgehead atoms. The fraction of sp³-hybridized carbons (Fsp3) is 0.462. The highest BCUT2D eigenvalue weighted by Crippen LogP contribution is 2.16. The lowest BCUT2D eigenvalue weighted by molar-refractivity contribution is -0.135. The number of nitrogen functional groups attached to an aromatic ring is 1. The van der Waals surface area contributed by atoms with Crippen LogP contribution in [0.5, 0.6) is 0 Å². The van der Waals surface area contributed by atoms with Crippen molar-refractivity contribution in [2.45, 2.75) is 13.0 Å². The van der Waals surface area contributed by atoms with Crippen molar-refractivity contribution in [3.63, 3.8) is 0 Å². The summed E-state index contributed by atoms with van der Waals surface area (Å²) in [7, 11) is 0. The van der Waals surface area contributed by atoms with Crippen LogP contribution in [0.1, 0.15) is 17.3 Å². The lowest BCUT2D eigenvalue weighted by Crippen LogP contribution is -2.47. The van der Waals surface area contributed by atoms with E-state index in [1.54, 1.807) is 11.8 Å². The van der Waals surface area contributed by atoms with E-state index in [-0.39, 0.29) is 17.3 Å². The van der Waals surface area contributed by atoms with E-state index in [1.807, 2.05) is 0 Å². The van der Waals surface area contributed by atoms with E-state index in [0.29, 0.717) is 32.0 Å². The average molecular weight is 293 g/mol. The summed E-state index contributed by atoms with van der Waals surface area (Å²) in [5, 5.41) is 2.92. The van der Waals surface area contributed by atoms with Gasteiger partial charge in [-0.15, -0.1) is 0 Å².